The number of fused-ring (bicyclic) bond motifs is 1. The third-order valence-electron chi connectivity index (χ3n) is 2.36. The van der Waals surface area contributed by atoms with E-state index in [1.165, 1.54) is 5.56 Å². The van der Waals surface area contributed by atoms with Crippen molar-refractivity contribution in [3.8, 4) is 0 Å². The van der Waals surface area contributed by atoms with Crippen LogP contribution in [0.15, 0.2) is 29.2 Å². The van der Waals surface area contributed by atoms with Gasteiger partial charge in [-0.1, -0.05) is 39.8 Å². The van der Waals surface area contributed by atoms with Gasteiger partial charge in [0.05, 0.1) is 11.6 Å². The lowest BCUT2D eigenvalue weighted by atomic mass is 10.0. The number of aromatic amines is 1. The summed E-state index contributed by atoms with van der Waals surface area (Å²) in [6.45, 7) is 8.22. The predicted molar refractivity (Wildman–Crippen MR) is 67.8 cm³/mol. The Hall–Kier alpha value is -1.64. The third-order valence-corrected chi connectivity index (χ3v) is 2.36. The van der Waals surface area contributed by atoms with E-state index in [2.05, 4.69) is 24.0 Å². The number of nitrogens with zero attached hydrogens (tertiary/aromatic N) is 1. The maximum Gasteiger partial charge on any atom is 0.272 e. The highest BCUT2D eigenvalue weighted by Gasteiger charge is 2.02. The molecule has 1 aromatic carbocycles. The number of benzene rings is 1. The van der Waals surface area contributed by atoms with E-state index in [0.717, 1.165) is 5.39 Å². The monoisotopic (exact) mass is 218 g/mol. The minimum absolute atomic E-state index is 0.120. The standard InChI is InChI=1S/C11H12N2O.C2H6/c1-7(2)8-3-4-9-6-12-13-11(14)10(9)5-8;1-2/h3-7H,1-2H3,(H,13,14);1-2H3. The van der Waals surface area contributed by atoms with Gasteiger partial charge < -0.3 is 0 Å². The number of aromatic nitrogens is 2. The fourth-order valence-corrected chi connectivity index (χ4v) is 1.46. The topological polar surface area (TPSA) is 45.8 Å². The summed E-state index contributed by atoms with van der Waals surface area (Å²) in [7, 11) is 0. The second-order valence-electron chi connectivity index (χ2n) is 3.70. The molecule has 0 aliphatic carbocycles. The Labute approximate surface area is 95.5 Å². The number of nitrogens with one attached hydrogen (secondary N) is 1. The van der Waals surface area contributed by atoms with E-state index in [1.807, 2.05) is 32.0 Å². The second kappa shape index (κ2) is 5.45. The molecule has 1 aromatic heterocycles. The van der Waals surface area contributed by atoms with E-state index in [1.54, 1.807) is 6.20 Å². The van der Waals surface area contributed by atoms with Gasteiger partial charge in [-0.15, -0.1) is 0 Å². The smallest absolute Gasteiger partial charge is 0.267 e. The SMILES string of the molecule is CC.CC(C)c1ccc2cn[nH]c(=O)c2c1. The maximum absolute atomic E-state index is 11.4. The first-order valence-electron chi connectivity index (χ1n) is 5.66. The Kier molecular flexibility index (Phi) is 4.23. The van der Waals surface area contributed by atoms with Crippen LogP contribution in [0.3, 0.4) is 0 Å². The van der Waals surface area contributed by atoms with Crippen LogP contribution in [0.4, 0.5) is 0 Å². The Bertz CT molecular complexity index is 515. The molecule has 0 bridgehead atoms. The first-order valence-corrected chi connectivity index (χ1v) is 5.66. The molecule has 0 amide bonds. The van der Waals surface area contributed by atoms with Crippen molar-refractivity contribution in [3.63, 3.8) is 0 Å². The maximum atomic E-state index is 11.4. The van der Waals surface area contributed by atoms with Crippen molar-refractivity contribution in [1.29, 1.82) is 0 Å². The van der Waals surface area contributed by atoms with Crippen LogP contribution in [-0.2, 0) is 0 Å². The first kappa shape index (κ1) is 12.4. The minimum atomic E-state index is -0.120. The van der Waals surface area contributed by atoms with Crippen LogP contribution >= 0.6 is 0 Å². The molecule has 3 heteroatoms. The Balaban J connectivity index is 0.000000606. The third kappa shape index (κ3) is 2.48. The highest BCUT2D eigenvalue weighted by molar-refractivity contribution is 5.81. The molecular formula is C13H18N2O. The van der Waals surface area contributed by atoms with Crippen LogP contribution in [0.25, 0.3) is 10.8 Å². The summed E-state index contributed by atoms with van der Waals surface area (Å²) in [4.78, 5) is 11.4. The average molecular weight is 218 g/mol. The fourth-order valence-electron chi connectivity index (χ4n) is 1.46. The number of hydrogen-bond donors (Lipinski definition) is 1. The van der Waals surface area contributed by atoms with Gasteiger partial charge in [0.15, 0.2) is 0 Å². The quantitative estimate of drug-likeness (QED) is 0.799. The predicted octanol–water partition coefficient (Wildman–Crippen LogP) is 3.07. The summed E-state index contributed by atoms with van der Waals surface area (Å²) in [5.74, 6) is 0.437. The minimum Gasteiger partial charge on any atom is -0.267 e. The zero-order valence-corrected chi connectivity index (χ0v) is 10.2. The van der Waals surface area contributed by atoms with E-state index in [4.69, 9.17) is 0 Å². The van der Waals surface area contributed by atoms with Gasteiger partial charge in [-0.3, -0.25) is 4.79 Å². The van der Waals surface area contributed by atoms with E-state index in [9.17, 15) is 4.79 Å². The van der Waals surface area contributed by atoms with Crippen LogP contribution in [0, 0.1) is 0 Å². The van der Waals surface area contributed by atoms with Gasteiger partial charge in [0, 0.05) is 5.39 Å². The molecule has 2 rings (SSSR count). The van der Waals surface area contributed by atoms with Crippen molar-refractivity contribution in [2.75, 3.05) is 0 Å². The van der Waals surface area contributed by atoms with Gasteiger partial charge in [-0.2, -0.15) is 5.10 Å². The van der Waals surface area contributed by atoms with Crippen LogP contribution < -0.4 is 5.56 Å². The average Bonchev–Trinajstić information content (AvgIpc) is 2.32. The van der Waals surface area contributed by atoms with Gasteiger partial charge in [0.1, 0.15) is 0 Å². The largest absolute Gasteiger partial charge is 0.272 e. The molecule has 0 aliphatic heterocycles. The molecule has 0 saturated carbocycles. The number of rotatable bonds is 1. The Morgan fingerprint density at radius 2 is 1.94 bits per heavy atom. The lowest BCUT2D eigenvalue weighted by molar-refractivity contribution is 0.868. The van der Waals surface area contributed by atoms with Crippen molar-refractivity contribution in [3.05, 3.63) is 40.3 Å². The summed E-state index contributed by atoms with van der Waals surface area (Å²) in [5.41, 5.74) is 1.05. The highest BCUT2D eigenvalue weighted by Crippen LogP contribution is 2.17. The van der Waals surface area contributed by atoms with E-state index < -0.39 is 0 Å². The van der Waals surface area contributed by atoms with E-state index >= 15 is 0 Å². The van der Waals surface area contributed by atoms with Crippen molar-refractivity contribution in [1.82, 2.24) is 10.2 Å². The van der Waals surface area contributed by atoms with Gasteiger partial charge >= 0.3 is 0 Å². The van der Waals surface area contributed by atoms with Crippen LogP contribution in [-0.4, -0.2) is 10.2 Å². The molecule has 0 fully saturated rings. The zero-order valence-electron chi connectivity index (χ0n) is 10.2. The zero-order chi connectivity index (χ0) is 12.1. The molecule has 86 valence electrons. The Morgan fingerprint density at radius 1 is 1.25 bits per heavy atom. The highest BCUT2D eigenvalue weighted by atomic mass is 16.1. The molecule has 1 heterocycles. The summed E-state index contributed by atoms with van der Waals surface area (Å²) < 4.78 is 0. The van der Waals surface area contributed by atoms with Crippen molar-refractivity contribution >= 4 is 10.8 Å². The summed E-state index contributed by atoms with van der Waals surface area (Å²) in [6.07, 6.45) is 1.67. The molecule has 0 atom stereocenters. The lowest BCUT2D eigenvalue weighted by Gasteiger charge is -2.05. The molecule has 0 saturated heterocycles. The molecule has 1 N–H and O–H groups in total. The van der Waals surface area contributed by atoms with Gasteiger partial charge in [0.25, 0.3) is 5.56 Å². The van der Waals surface area contributed by atoms with Gasteiger partial charge in [-0.05, 0) is 17.5 Å². The normalized spacial score (nSPS) is 10.1. The number of hydrogen-bond acceptors (Lipinski definition) is 2. The van der Waals surface area contributed by atoms with Crippen LogP contribution in [0.5, 0.6) is 0 Å². The molecule has 0 spiro atoms. The van der Waals surface area contributed by atoms with Gasteiger partial charge in [-0.25, -0.2) is 5.10 Å². The van der Waals surface area contributed by atoms with Crippen LogP contribution in [0.1, 0.15) is 39.2 Å². The summed E-state index contributed by atoms with van der Waals surface area (Å²) >= 11 is 0. The molecule has 0 radical (unpaired) electrons. The van der Waals surface area contributed by atoms with E-state index in [-0.39, 0.29) is 5.56 Å². The van der Waals surface area contributed by atoms with E-state index in [0.29, 0.717) is 11.3 Å². The number of H-pyrrole nitrogens is 1. The molecular weight excluding hydrogens is 200 g/mol. The second-order valence-corrected chi connectivity index (χ2v) is 3.70. The lowest BCUT2D eigenvalue weighted by Crippen LogP contribution is -2.07. The molecule has 2 aromatic rings. The Morgan fingerprint density at radius 3 is 2.56 bits per heavy atom. The van der Waals surface area contributed by atoms with Crippen molar-refractivity contribution < 1.29 is 0 Å². The molecule has 3 nitrogen and oxygen atoms in total. The molecule has 0 unspecified atom stereocenters. The summed E-state index contributed by atoms with van der Waals surface area (Å²) in [6, 6.07) is 5.90. The molecule has 0 aliphatic rings. The summed E-state index contributed by atoms with van der Waals surface area (Å²) in [5, 5.41) is 7.79. The first-order chi connectivity index (χ1) is 7.68. The van der Waals surface area contributed by atoms with Gasteiger partial charge in [0.2, 0.25) is 0 Å². The van der Waals surface area contributed by atoms with Crippen molar-refractivity contribution in [2.45, 2.75) is 33.6 Å². The molecule has 16 heavy (non-hydrogen) atoms. The van der Waals surface area contributed by atoms with Crippen LogP contribution in [0.2, 0.25) is 0 Å². The van der Waals surface area contributed by atoms with Crippen molar-refractivity contribution in [2.24, 2.45) is 0 Å². The fraction of sp³-hybridized carbons (Fsp3) is 0.385.